The number of halogens is 2. The summed E-state index contributed by atoms with van der Waals surface area (Å²) in [5.41, 5.74) is 4.97. The third-order valence-corrected chi connectivity index (χ3v) is 6.49. The topological polar surface area (TPSA) is 149 Å². The van der Waals surface area contributed by atoms with E-state index in [0.29, 0.717) is 42.2 Å². The smallest absolute Gasteiger partial charge is 0.257 e. The first-order valence-electron chi connectivity index (χ1n) is 12.9. The van der Waals surface area contributed by atoms with Crippen LogP contribution in [0.2, 0.25) is 0 Å². The second-order valence-corrected chi connectivity index (χ2v) is 9.29. The number of hydrogen-bond acceptors (Lipinski definition) is 9. The van der Waals surface area contributed by atoms with Crippen LogP contribution in [0.5, 0.6) is 5.75 Å². The average molecular weight is 544 g/mol. The van der Waals surface area contributed by atoms with E-state index in [9.17, 15) is 18.4 Å². The van der Waals surface area contributed by atoms with Gasteiger partial charge in [0.1, 0.15) is 22.9 Å². The predicted molar refractivity (Wildman–Crippen MR) is 137 cm³/mol. The van der Waals surface area contributed by atoms with Gasteiger partial charge < -0.3 is 25.2 Å². The highest BCUT2D eigenvalue weighted by Crippen LogP contribution is 2.26. The highest BCUT2D eigenvalue weighted by molar-refractivity contribution is 5.95. The van der Waals surface area contributed by atoms with Crippen LogP contribution in [0.15, 0.2) is 29.0 Å². The molecular weight excluding hydrogens is 512 g/mol. The summed E-state index contributed by atoms with van der Waals surface area (Å²) in [6.07, 6.45) is 7.51. The van der Waals surface area contributed by atoms with Gasteiger partial charge in [-0.05, 0) is 31.6 Å². The third-order valence-electron chi connectivity index (χ3n) is 6.49. The van der Waals surface area contributed by atoms with Crippen molar-refractivity contribution in [1.29, 1.82) is 0 Å². The normalized spacial score (nSPS) is 13.9. The molecule has 11 nitrogen and oxygen atoms in total. The molecule has 3 aromatic rings. The molecule has 2 aromatic heterocycles. The number of nitrogens with two attached hydrogens (primary N) is 1. The van der Waals surface area contributed by atoms with Crippen molar-refractivity contribution in [2.75, 3.05) is 31.1 Å². The summed E-state index contributed by atoms with van der Waals surface area (Å²) in [7, 11) is 0. The van der Waals surface area contributed by atoms with Crippen LogP contribution in [-0.4, -0.2) is 58.2 Å². The number of hydrogen-bond donors (Lipinski definition) is 2. The van der Waals surface area contributed by atoms with Gasteiger partial charge in [-0.2, -0.15) is 4.98 Å². The van der Waals surface area contributed by atoms with Gasteiger partial charge in [0.25, 0.3) is 5.91 Å². The monoisotopic (exact) mass is 543 g/mol. The number of carbonyl (C=O) groups is 2. The van der Waals surface area contributed by atoms with Crippen molar-refractivity contribution in [1.82, 2.24) is 25.4 Å². The molecule has 0 radical (unpaired) electrons. The fourth-order valence-electron chi connectivity index (χ4n) is 4.34. The minimum Gasteiger partial charge on any atom is -0.493 e. The van der Waals surface area contributed by atoms with Crippen molar-refractivity contribution in [3.05, 3.63) is 47.6 Å². The summed E-state index contributed by atoms with van der Waals surface area (Å²) in [4.78, 5) is 38.1. The lowest BCUT2D eigenvalue weighted by Gasteiger charge is -2.32. The van der Waals surface area contributed by atoms with Gasteiger partial charge in [0.2, 0.25) is 23.6 Å². The van der Waals surface area contributed by atoms with E-state index < -0.39 is 29.0 Å². The standard InChI is InChI=1S/C26H31F2N7O4/c1-2-22-33-24(34-39-22)17-14-31-26(32-15-17)35-9-6-16(7-10-35)4-3-11-38-18-12-19(27)23(20(28)13-18)25(37)30-8-5-21(29)36/h12-16H,2-11H2,1H3,(H2,29,36)(H,30,37). The molecule has 1 fully saturated rings. The Morgan fingerprint density at radius 3 is 2.49 bits per heavy atom. The predicted octanol–water partition coefficient (Wildman–Crippen LogP) is 3.05. The lowest BCUT2D eigenvalue weighted by atomic mass is 9.92. The number of aromatic nitrogens is 4. The molecule has 1 saturated heterocycles. The van der Waals surface area contributed by atoms with Crippen LogP contribution in [0, 0.1) is 17.6 Å². The lowest BCUT2D eigenvalue weighted by molar-refractivity contribution is -0.117. The van der Waals surface area contributed by atoms with Gasteiger partial charge in [0.05, 0.1) is 12.2 Å². The van der Waals surface area contributed by atoms with E-state index in [-0.39, 0.29) is 18.7 Å². The van der Waals surface area contributed by atoms with Gasteiger partial charge in [-0.3, -0.25) is 9.59 Å². The average Bonchev–Trinajstić information content (AvgIpc) is 3.41. The number of amides is 2. The molecule has 13 heteroatoms. The number of carbonyl (C=O) groups excluding carboxylic acids is 2. The van der Waals surface area contributed by atoms with Crippen LogP contribution in [0.3, 0.4) is 0 Å². The maximum Gasteiger partial charge on any atom is 0.257 e. The maximum atomic E-state index is 14.4. The molecule has 0 unspecified atom stereocenters. The molecule has 0 saturated carbocycles. The van der Waals surface area contributed by atoms with Crippen molar-refractivity contribution in [3.8, 4) is 17.1 Å². The quantitative estimate of drug-likeness (QED) is 0.329. The Hall–Kier alpha value is -4.16. The van der Waals surface area contributed by atoms with Crippen molar-refractivity contribution in [2.45, 2.75) is 45.4 Å². The van der Waals surface area contributed by atoms with Gasteiger partial charge in [0, 0.05) is 57.0 Å². The molecule has 1 aliphatic rings. The van der Waals surface area contributed by atoms with Gasteiger partial charge in [-0.25, -0.2) is 18.7 Å². The van der Waals surface area contributed by atoms with Crippen LogP contribution in [-0.2, 0) is 11.2 Å². The fraction of sp³-hybridized carbons (Fsp3) is 0.462. The Bertz CT molecular complexity index is 1250. The van der Waals surface area contributed by atoms with Crippen molar-refractivity contribution < 1.29 is 27.6 Å². The number of primary amides is 1. The third kappa shape index (κ3) is 7.45. The number of piperidine rings is 1. The minimum atomic E-state index is -1.04. The Kier molecular flexibility index (Phi) is 9.34. The molecule has 0 bridgehead atoms. The molecule has 2 amide bonds. The number of nitrogens with one attached hydrogen (secondary N) is 1. The molecule has 3 heterocycles. The zero-order valence-corrected chi connectivity index (χ0v) is 21.7. The molecule has 4 rings (SSSR count). The second kappa shape index (κ2) is 13.1. The van der Waals surface area contributed by atoms with Crippen LogP contribution in [0.4, 0.5) is 14.7 Å². The Labute approximate surface area is 224 Å². The zero-order chi connectivity index (χ0) is 27.8. The number of benzene rings is 1. The van der Waals surface area contributed by atoms with Crippen molar-refractivity contribution in [2.24, 2.45) is 11.7 Å². The maximum absolute atomic E-state index is 14.4. The van der Waals surface area contributed by atoms with Gasteiger partial charge in [-0.1, -0.05) is 12.1 Å². The Morgan fingerprint density at radius 2 is 1.87 bits per heavy atom. The number of anilines is 1. The summed E-state index contributed by atoms with van der Waals surface area (Å²) in [5, 5.41) is 6.21. The molecule has 3 N–H and O–H groups in total. The number of ether oxygens (including phenoxy) is 1. The van der Waals surface area contributed by atoms with E-state index in [1.165, 1.54) is 0 Å². The van der Waals surface area contributed by atoms with Crippen molar-refractivity contribution >= 4 is 17.8 Å². The second-order valence-electron chi connectivity index (χ2n) is 9.29. The van der Waals surface area contributed by atoms with E-state index in [1.54, 1.807) is 12.4 Å². The van der Waals surface area contributed by atoms with E-state index in [0.717, 1.165) is 50.9 Å². The van der Waals surface area contributed by atoms with E-state index in [2.05, 4.69) is 30.3 Å². The molecular formula is C26H31F2N7O4. The van der Waals surface area contributed by atoms with Gasteiger partial charge in [-0.15, -0.1) is 0 Å². The molecule has 1 aromatic carbocycles. The van der Waals surface area contributed by atoms with Gasteiger partial charge in [0.15, 0.2) is 0 Å². The molecule has 0 aliphatic carbocycles. The minimum absolute atomic E-state index is 0.0147. The summed E-state index contributed by atoms with van der Waals surface area (Å²) in [5.74, 6) is -1.44. The first kappa shape index (κ1) is 27.9. The first-order valence-corrected chi connectivity index (χ1v) is 12.9. The molecule has 39 heavy (non-hydrogen) atoms. The van der Waals surface area contributed by atoms with Crippen LogP contribution in [0.25, 0.3) is 11.4 Å². The summed E-state index contributed by atoms with van der Waals surface area (Å²) >= 11 is 0. The highest BCUT2D eigenvalue weighted by Gasteiger charge is 2.22. The molecule has 0 atom stereocenters. The lowest BCUT2D eigenvalue weighted by Crippen LogP contribution is -2.34. The van der Waals surface area contributed by atoms with E-state index >= 15 is 0 Å². The Balaban J connectivity index is 1.18. The zero-order valence-electron chi connectivity index (χ0n) is 21.7. The molecule has 208 valence electrons. The number of nitrogens with zero attached hydrogens (tertiary/aromatic N) is 5. The van der Waals surface area contributed by atoms with E-state index in [4.69, 9.17) is 15.0 Å². The summed E-state index contributed by atoms with van der Waals surface area (Å²) in [6, 6.07) is 1.97. The number of rotatable bonds is 12. The first-order chi connectivity index (χ1) is 18.8. The fourth-order valence-corrected chi connectivity index (χ4v) is 4.34. The van der Waals surface area contributed by atoms with Crippen molar-refractivity contribution in [3.63, 3.8) is 0 Å². The van der Waals surface area contributed by atoms with Crippen LogP contribution >= 0.6 is 0 Å². The summed E-state index contributed by atoms with van der Waals surface area (Å²) in [6.45, 7) is 3.78. The SMILES string of the molecule is CCc1nc(-c2cnc(N3CCC(CCCOc4cc(F)c(C(=O)NCCC(N)=O)c(F)c4)CC3)nc2)no1. The highest BCUT2D eigenvalue weighted by atomic mass is 19.1. The Morgan fingerprint density at radius 1 is 1.18 bits per heavy atom. The van der Waals surface area contributed by atoms with Crippen LogP contribution < -0.4 is 20.7 Å². The van der Waals surface area contributed by atoms with E-state index in [1.807, 2.05) is 6.92 Å². The van der Waals surface area contributed by atoms with Crippen LogP contribution in [0.1, 0.15) is 55.3 Å². The largest absolute Gasteiger partial charge is 0.493 e. The summed E-state index contributed by atoms with van der Waals surface area (Å²) < 4.78 is 39.4. The number of aryl methyl sites for hydroxylation is 1. The molecule has 0 spiro atoms. The molecule has 1 aliphatic heterocycles. The van der Waals surface area contributed by atoms with Gasteiger partial charge >= 0.3 is 0 Å².